The molecule has 0 radical (unpaired) electrons. The Balaban J connectivity index is 2.03. The number of nitrogens with zero attached hydrogens (tertiary/aromatic N) is 6. The van der Waals surface area contributed by atoms with Crippen molar-refractivity contribution >= 4 is 11.7 Å². The fourth-order valence-electron chi connectivity index (χ4n) is 2.65. The Kier molecular flexibility index (Phi) is 5.50. The molecule has 0 N–H and O–H groups in total. The number of rotatable bonds is 4. The van der Waals surface area contributed by atoms with E-state index in [1.54, 1.807) is 6.20 Å². The van der Waals surface area contributed by atoms with Crippen LogP contribution in [0.2, 0.25) is 0 Å². The van der Waals surface area contributed by atoms with Crippen LogP contribution in [0, 0.1) is 11.3 Å². The summed E-state index contributed by atoms with van der Waals surface area (Å²) in [6, 6.07) is 2.49. The quantitative estimate of drug-likeness (QED) is 0.815. The highest BCUT2D eigenvalue weighted by Gasteiger charge is 2.29. The Morgan fingerprint density at radius 2 is 2.13 bits per heavy atom. The number of likely N-dealkylation sites (N-methyl/N-ethyl adjacent to an activating group) is 1. The molecule has 1 aromatic heterocycles. The minimum Gasteiger partial charge on any atom is -0.350 e. The molecule has 0 spiro atoms. The summed E-state index contributed by atoms with van der Waals surface area (Å²) in [6.07, 6.45) is 3.11. The fraction of sp³-hybridized carbons (Fsp3) is 0.625. The number of anilines is 1. The van der Waals surface area contributed by atoms with Crippen molar-refractivity contribution in [3.63, 3.8) is 0 Å². The molecule has 2 rings (SSSR count). The molecule has 2 heterocycles. The molecule has 1 fully saturated rings. The third-order valence-electron chi connectivity index (χ3n) is 4.30. The van der Waals surface area contributed by atoms with Gasteiger partial charge in [0.25, 0.3) is 0 Å². The van der Waals surface area contributed by atoms with E-state index in [4.69, 9.17) is 5.26 Å². The number of nitriles is 1. The summed E-state index contributed by atoms with van der Waals surface area (Å²) in [4.78, 5) is 26.8. The fourth-order valence-corrected chi connectivity index (χ4v) is 2.65. The van der Waals surface area contributed by atoms with Crippen LogP contribution in [0.15, 0.2) is 12.4 Å². The zero-order valence-electron chi connectivity index (χ0n) is 14.2. The van der Waals surface area contributed by atoms with Gasteiger partial charge in [-0.3, -0.25) is 9.69 Å². The number of carbonyl (C=O) groups is 1. The van der Waals surface area contributed by atoms with Crippen LogP contribution in [0.3, 0.4) is 0 Å². The van der Waals surface area contributed by atoms with E-state index in [0.717, 1.165) is 0 Å². The van der Waals surface area contributed by atoms with Crippen LogP contribution in [-0.2, 0) is 4.79 Å². The van der Waals surface area contributed by atoms with Gasteiger partial charge in [0.2, 0.25) is 5.91 Å². The van der Waals surface area contributed by atoms with E-state index in [0.29, 0.717) is 43.7 Å². The van der Waals surface area contributed by atoms with Gasteiger partial charge in [0.05, 0.1) is 6.54 Å². The maximum Gasteiger partial charge on any atom is 0.237 e. The van der Waals surface area contributed by atoms with Gasteiger partial charge in [-0.15, -0.1) is 0 Å². The number of carbonyl (C=O) groups excluding carboxylic acids is 1. The van der Waals surface area contributed by atoms with E-state index in [1.165, 1.54) is 6.20 Å². The lowest BCUT2D eigenvalue weighted by atomic mass is 10.1. The molecule has 1 amide bonds. The SMILES string of the molecule is CC(C)N(C)CC(=O)N1CCN(c2nccnc2C#N)CC1C. The van der Waals surface area contributed by atoms with Crippen molar-refractivity contribution in [2.45, 2.75) is 32.9 Å². The van der Waals surface area contributed by atoms with Crippen molar-refractivity contribution in [2.24, 2.45) is 0 Å². The summed E-state index contributed by atoms with van der Waals surface area (Å²) >= 11 is 0. The molecule has 0 aromatic carbocycles. The molecule has 7 nitrogen and oxygen atoms in total. The zero-order chi connectivity index (χ0) is 17.0. The number of amides is 1. The molecule has 124 valence electrons. The second-order valence-corrected chi connectivity index (χ2v) is 6.23. The minimum atomic E-state index is 0.0744. The Hall–Kier alpha value is -2.20. The second kappa shape index (κ2) is 7.38. The van der Waals surface area contributed by atoms with Crippen LogP contribution in [0.5, 0.6) is 0 Å². The minimum absolute atomic E-state index is 0.0744. The second-order valence-electron chi connectivity index (χ2n) is 6.23. The topological polar surface area (TPSA) is 76.4 Å². The highest BCUT2D eigenvalue weighted by Crippen LogP contribution is 2.19. The lowest BCUT2D eigenvalue weighted by Gasteiger charge is -2.41. The van der Waals surface area contributed by atoms with Crippen LogP contribution in [-0.4, -0.2) is 71.0 Å². The molecule has 0 saturated carbocycles. The lowest BCUT2D eigenvalue weighted by molar-refractivity contribution is -0.134. The van der Waals surface area contributed by atoms with Gasteiger partial charge in [-0.1, -0.05) is 0 Å². The predicted molar refractivity (Wildman–Crippen MR) is 87.9 cm³/mol. The average Bonchev–Trinajstić information content (AvgIpc) is 2.54. The summed E-state index contributed by atoms with van der Waals surface area (Å²) in [5, 5.41) is 9.16. The van der Waals surface area contributed by atoms with Gasteiger partial charge in [0.1, 0.15) is 6.07 Å². The van der Waals surface area contributed by atoms with Crippen molar-refractivity contribution in [1.82, 2.24) is 19.8 Å². The number of aromatic nitrogens is 2. The van der Waals surface area contributed by atoms with E-state index in [2.05, 4.69) is 29.9 Å². The highest BCUT2D eigenvalue weighted by molar-refractivity contribution is 5.79. The van der Waals surface area contributed by atoms with Crippen LogP contribution < -0.4 is 4.90 Å². The maximum atomic E-state index is 12.5. The maximum absolute atomic E-state index is 12.5. The normalized spacial score (nSPS) is 18.4. The van der Waals surface area contributed by atoms with Crippen LogP contribution in [0.1, 0.15) is 26.5 Å². The van der Waals surface area contributed by atoms with Gasteiger partial charge in [0.15, 0.2) is 11.5 Å². The van der Waals surface area contributed by atoms with Crippen LogP contribution in [0.4, 0.5) is 5.82 Å². The summed E-state index contributed by atoms with van der Waals surface area (Å²) in [6.45, 7) is 8.56. The smallest absolute Gasteiger partial charge is 0.237 e. The van der Waals surface area contributed by atoms with Crippen molar-refractivity contribution < 1.29 is 4.79 Å². The third kappa shape index (κ3) is 3.96. The van der Waals surface area contributed by atoms with Gasteiger partial charge in [-0.2, -0.15) is 5.26 Å². The molecular weight excluding hydrogens is 292 g/mol. The lowest BCUT2D eigenvalue weighted by Crippen LogP contribution is -2.56. The highest BCUT2D eigenvalue weighted by atomic mass is 16.2. The Morgan fingerprint density at radius 1 is 1.43 bits per heavy atom. The zero-order valence-corrected chi connectivity index (χ0v) is 14.2. The predicted octanol–water partition coefficient (Wildman–Crippen LogP) is 0.726. The summed E-state index contributed by atoms with van der Waals surface area (Å²) < 4.78 is 0. The van der Waals surface area contributed by atoms with Gasteiger partial charge < -0.3 is 9.80 Å². The average molecular weight is 316 g/mol. The third-order valence-corrected chi connectivity index (χ3v) is 4.30. The summed E-state index contributed by atoms with van der Waals surface area (Å²) in [5.74, 6) is 0.751. The van der Waals surface area contributed by atoms with Crippen molar-refractivity contribution in [3.8, 4) is 6.07 Å². The van der Waals surface area contributed by atoms with E-state index >= 15 is 0 Å². The van der Waals surface area contributed by atoms with Gasteiger partial charge in [0, 0.05) is 44.1 Å². The molecule has 23 heavy (non-hydrogen) atoms. The van der Waals surface area contributed by atoms with Gasteiger partial charge in [-0.25, -0.2) is 9.97 Å². The van der Waals surface area contributed by atoms with E-state index in [9.17, 15) is 4.79 Å². The Morgan fingerprint density at radius 3 is 2.74 bits per heavy atom. The van der Waals surface area contributed by atoms with Crippen molar-refractivity contribution in [3.05, 3.63) is 18.1 Å². The molecule has 1 aliphatic rings. The molecule has 1 aromatic rings. The molecule has 1 saturated heterocycles. The molecule has 7 heteroatoms. The largest absolute Gasteiger partial charge is 0.350 e. The standard InChI is InChI=1S/C16H24N6O/c1-12(2)20(4)11-15(23)22-8-7-21(10-13(22)3)16-14(9-17)18-5-6-19-16/h5-6,12-13H,7-8,10-11H2,1-4H3. The molecule has 1 aliphatic heterocycles. The van der Waals surface area contributed by atoms with E-state index in [1.807, 2.05) is 28.7 Å². The number of piperazine rings is 1. The van der Waals surface area contributed by atoms with E-state index in [-0.39, 0.29) is 11.9 Å². The Bertz CT molecular complexity index is 596. The summed E-state index contributed by atoms with van der Waals surface area (Å²) in [5.41, 5.74) is 0.332. The van der Waals surface area contributed by atoms with Crippen molar-refractivity contribution in [1.29, 1.82) is 5.26 Å². The first-order valence-electron chi connectivity index (χ1n) is 7.89. The van der Waals surface area contributed by atoms with E-state index < -0.39 is 0 Å². The van der Waals surface area contributed by atoms with Crippen LogP contribution in [0.25, 0.3) is 0 Å². The van der Waals surface area contributed by atoms with Gasteiger partial charge >= 0.3 is 0 Å². The van der Waals surface area contributed by atoms with Gasteiger partial charge in [-0.05, 0) is 27.8 Å². The van der Waals surface area contributed by atoms with Crippen LogP contribution >= 0.6 is 0 Å². The number of hydrogen-bond acceptors (Lipinski definition) is 6. The first-order valence-corrected chi connectivity index (χ1v) is 7.89. The monoisotopic (exact) mass is 316 g/mol. The first-order chi connectivity index (χ1) is 10.9. The molecule has 0 aliphatic carbocycles. The molecule has 0 bridgehead atoms. The molecule has 1 unspecified atom stereocenters. The summed E-state index contributed by atoms with van der Waals surface area (Å²) in [7, 11) is 1.96. The van der Waals surface area contributed by atoms with Crippen molar-refractivity contribution in [2.75, 3.05) is 38.1 Å². The molecule has 1 atom stereocenters. The first kappa shape index (κ1) is 17.2. The Labute approximate surface area is 137 Å². The molecular formula is C16H24N6O. The number of hydrogen-bond donors (Lipinski definition) is 0.